The molecule has 18 heavy (non-hydrogen) atoms. The molecule has 6 N–H and O–H groups in total. The molecule has 0 aliphatic rings. The number of nitrogens with one attached hydrogen (secondary N) is 2. The second-order valence-electron chi connectivity index (χ2n) is 3.82. The van der Waals surface area contributed by atoms with Gasteiger partial charge in [0.05, 0.1) is 0 Å². The zero-order valence-corrected chi connectivity index (χ0v) is 10.5. The van der Waals surface area contributed by atoms with Gasteiger partial charge in [0.25, 0.3) is 0 Å². The molecule has 0 radical (unpaired) electrons. The summed E-state index contributed by atoms with van der Waals surface area (Å²) in [5.74, 6) is 0. The molecule has 2 aromatic carbocycles. The predicted octanol–water partition coefficient (Wildman–Crippen LogP) is 2.66. The third-order valence-corrected chi connectivity index (χ3v) is 2.54. The molecule has 5 heteroatoms. The van der Waals surface area contributed by atoms with Gasteiger partial charge in [-0.25, -0.2) is 0 Å². The Kier molecular flexibility index (Phi) is 3.64. The first-order valence-electron chi connectivity index (χ1n) is 5.42. The summed E-state index contributed by atoms with van der Waals surface area (Å²) in [7, 11) is 0. The second kappa shape index (κ2) is 5.37. The molecular formula is C13H14N4S. The van der Waals surface area contributed by atoms with Crippen LogP contribution in [0.5, 0.6) is 0 Å². The Morgan fingerprint density at radius 3 is 1.39 bits per heavy atom. The highest BCUT2D eigenvalue weighted by molar-refractivity contribution is 7.80. The number of hydrogen-bond acceptors (Lipinski definition) is 3. The van der Waals surface area contributed by atoms with Crippen molar-refractivity contribution >= 4 is 40.1 Å². The minimum atomic E-state index is 0.518. The minimum Gasteiger partial charge on any atom is -0.399 e. The largest absolute Gasteiger partial charge is 0.399 e. The Labute approximate surface area is 111 Å². The number of nitrogens with two attached hydrogens (primary N) is 2. The van der Waals surface area contributed by atoms with E-state index >= 15 is 0 Å². The minimum absolute atomic E-state index is 0.518. The molecule has 0 spiro atoms. The Morgan fingerprint density at radius 1 is 0.722 bits per heavy atom. The summed E-state index contributed by atoms with van der Waals surface area (Å²) < 4.78 is 0. The Hall–Kier alpha value is -2.27. The average Bonchev–Trinajstić information content (AvgIpc) is 2.35. The van der Waals surface area contributed by atoms with Crippen LogP contribution in [-0.4, -0.2) is 5.11 Å². The summed E-state index contributed by atoms with van der Waals surface area (Å²) >= 11 is 5.20. The molecule has 0 saturated heterocycles. The zero-order valence-electron chi connectivity index (χ0n) is 9.68. The van der Waals surface area contributed by atoms with Crippen LogP contribution in [0.25, 0.3) is 0 Å². The predicted molar refractivity (Wildman–Crippen MR) is 81.6 cm³/mol. The highest BCUT2D eigenvalue weighted by Gasteiger charge is 1.98. The van der Waals surface area contributed by atoms with Gasteiger partial charge in [0.2, 0.25) is 0 Å². The summed E-state index contributed by atoms with van der Waals surface area (Å²) in [5.41, 5.74) is 14.4. The number of hydrogen-bond donors (Lipinski definition) is 4. The van der Waals surface area contributed by atoms with E-state index in [1.54, 1.807) is 0 Å². The van der Waals surface area contributed by atoms with Crippen LogP contribution in [0.2, 0.25) is 0 Å². The lowest BCUT2D eigenvalue weighted by molar-refractivity contribution is 1.59. The van der Waals surface area contributed by atoms with Crippen LogP contribution in [0.1, 0.15) is 0 Å². The van der Waals surface area contributed by atoms with Gasteiger partial charge < -0.3 is 22.1 Å². The van der Waals surface area contributed by atoms with Crippen LogP contribution >= 0.6 is 12.2 Å². The van der Waals surface area contributed by atoms with Gasteiger partial charge in [-0.2, -0.15) is 0 Å². The van der Waals surface area contributed by atoms with Crippen molar-refractivity contribution in [2.24, 2.45) is 0 Å². The Bertz CT molecular complexity index is 484. The van der Waals surface area contributed by atoms with E-state index in [9.17, 15) is 0 Å². The first kappa shape index (κ1) is 12.2. The van der Waals surface area contributed by atoms with E-state index < -0.39 is 0 Å². The monoisotopic (exact) mass is 258 g/mol. The van der Waals surface area contributed by atoms with E-state index in [0.29, 0.717) is 5.11 Å². The van der Waals surface area contributed by atoms with Gasteiger partial charge in [-0.05, 0) is 60.7 Å². The van der Waals surface area contributed by atoms with E-state index in [-0.39, 0.29) is 0 Å². The molecule has 4 nitrogen and oxygen atoms in total. The third kappa shape index (κ3) is 3.36. The topological polar surface area (TPSA) is 76.1 Å². The summed E-state index contributed by atoms with van der Waals surface area (Å²) in [6, 6.07) is 14.7. The lowest BCUT2D eigenvalue weighted by Crippen LogP contribution is -2.18. The first-order chi connectivity index (χ1) is 8.63. The van der Waals surface area contributed by atoms with Gasteiger partial charge in [0.1, 0.15) is 0 Å². The summed E-state index contributed by atoms with van der Waals surface area (Å²) in [6.07, 6.45) is 0. The number of anilines is 4. The van der Waals surface area contributed by atoms with E-state index in [4.69, 9.17) is 23.7 Å². The van der Waals surface area contributed by atoms with Gasteiger partial charge in [-0.1, -0.05) is 0 Å². The van der Waals surface area contributed by atoms with Crippen LogP contribution in [-0.2, 0) is 0 Å². The smallest absolute Gasteiger partial charge is 0.175 e. The molecular weight excluding hydrogens is 244 g/mol. The van der Waals surface area contributed by atoms with Gasteiger partial charge in [-0.15, -0.1) is 0 Å². The number of thiocarbonyl (C=S) groups is 1. The lowest BCUT2D eigenvalue weighted by Gasteiger charge is -2.10. The molecule has 0 aromatic heterocycles. The molecule has 0 bridgehead atoms. The van der Waals surface area contributed by atoms with Crippen LogP contribution in [0.4, 0.5) is 22.7 Å². The van der Waals surface area contributed by atoms with E-state index in [1.165, 1.54) is 0 Å². The van der Waals surface area contributed by atoms with Gasteiger partial charge in [-0.3, -0.25) is 0 Å². The van der Waals surface area contributed by atoms with E-state index in [0.717, 1.165) is 22.7 Å². The molecule has 2 rings (SSSR count). The van der Waals surface area contributed by atoms with Crippen molar-refractivity contribution in [3.63, 3.8) is 0 Å². The maximum Gasteiger partial charge on any atom is 0.175 e. The van der Waals surface area contributed by atoms with Crippen LogP contribution in [0.15, 0.2) is 48.5 Å². The fourth-order valence-corrected chi connectivity index (χ4v) is 1.66. The molecule has 0 aliphatic carbocycles. The zero-order chi connectivity index (χ0) is 13.0. The van der Waals surface area contributed by atoms with Crippen LogP contribution in [0, 0.1) is 0 Å². The normalized spacial score (nSPS) is 9.78. The van der Waals surface area contributed by atoms with Gasteiger partial charge in [0, 0.05) is 22.7 Å². The van der Waals surface area contributed by atoms with Crippen LogP contribution in [0.3, 0.4) is 0 Å². The SMILES string of the molecule is Nc1ccc(NC(=S)Nc2ccc(N)cc2)cc1. The molecule has 0 atom stereocenters. The third-order valence-electron chi connectivity index (χ3n) is 2.34. The summed E-state index contributed by atoms with van der Waals surface area (Å²) in [5, 5.41) is 6.65. The molecule has 0 amide bonds. The van der Waals surface area contributed by atoms with E-state index in [2.05, 4.69) is 10.6 Å². The number of rotatable bonds is 2. The quantitative estimate of drug-likeness (QED) is 0.492. The van der Waals surface area contributed by atoms with Crippen molar-refractivity contribution in [2.75, 3.05) is 22.1 Å². The maximum atomic E-state index is 5.61. The summed E-state index contributed by atoms with van der Waals surface area (Å²) in [4.78, 5) is 0. The van der Waals surface area contributed by atoms with Crippen LogP contribution < -0.4 is 22.1 Å². The summed E-state index contributed by atoms with van der Waals surface area (Å²) in [6.45, 7) is 0. The molecule has 0 fully saturated rings. The highest BCUT2D eigenvalue weighted by Crippen LogP contribution is 2.13. The molecule has 2 aromatic rings. The van der Waals surface area contributed by atoms with E-state index in [1.807, 2.05) is 48.5 Å². The number of nitrogen functional groups attached to an aromatic ring is 2. The molecule has 0 heterocycles. The Morgan fingerprint density at radius 2 is 1.06 bits per heavy atom. The first-order valence-corrected chi connectivity index (χ1v) is 5.83. The average molecular weight is 258 g/mol. The lowest BCUT2D eigenvalue weighted by atomic mass is 10.3. The fourth-order valence-electron chi connectivity index (χ4n) is 1.43. The standard InChI is InChI=1S/C13H14N4S/c14-9-1-5-11(6-2-9)16-13(18)17-12-7-3-10(15)4-8-12/h1-8H,14-15H2,(H2,16,17,18). The second-order valence-corrected chi connectivity index (χ2v) is 4.23. The van der Waals surface area contributed by atoms with Crippen molar-refractivity contribution < 1.29 is 0 Å². The van der Waals surface area contributed by atoms with Crippen molar-refractivity contribution in [1.29, 1.82) is 0 Å². The van der Waals surface area contributed by atoms with Gasteiger partial charge >= 0.3 is 0 Å². The van der Waals surface area contributed by atoms with Gasteiger partial charge in [0.15, 0.2) is 5.11 Å². The molecule has 92 valence electrons. The Balaban J connectivity index is 1.96. The maximum absolute atomic E-state index is 5.61. The molecule has 0 saturated carbocycles. The molecule has 0 unspecified atom stereocenters. The number of benzene rings is 2. The van der Waals surface area contributed by atoms with Crippen molar-refractivity contribution in [2.45, 2.75) is 0 Å². The fraction of sp³-hybridized carbons (Fsp3) is 0. The van der Waals surface area contributed by atoms with Crippen molar-refractivity contribution in [3.8, 4) is 0 Å². The highest BCUT2D eigenvalue weighted by atomic mass is 32.1. The molecule has 0 aliphatic heterocycles. The van der Waals surface area contributed by atoms with Crippen molar-refractivity contribution in [1.82, 2.24) is 0 Å². The van der Waals surface area contributed by atoms with Crippen molar-refractivity contribution in [3.05, 3.63) is 48.5 Å².